The number of hydrogen-bond acceptors (Lipinski definition) is 2. The third-order valence-electron chi connectivity index (χ3n) is 4.24. The molecule has 2 rings (SSSR count). The average molecular weight is 236 g/mol. The van der Waals surface area contributed by atoms with Gasteiger partial charge in [0.15, 0.2) is 0 Å². The second-order valence-corrected chi connectivity index (χ2v) is 6.09. The molecule has 0 radical (unpaired) electrons. The summed E-state index contributed by atoms with van der Waals surface area (Å²) in [6.07, 6.45) is 10.3. The van der Waals surface area contributed by atoms with E-state index in [1.165, 1.54) is 51.9 Å². The van der Waals surface area contributed by atoms with Crippen LogP contribution >= 0.6 is 0 Å². The van der Waals surface area contributed by atoms with Crippen LogP contribution in [0.25, 0.3) is 0 Å². The van der Waals surface area contributed by atoms with Gasteiger partial charge in [0.1, 0.15) is 0 Å². The van der Waals surface area contributed by atoms with E-state index >= 15 is 0 Å². The number of hydrogen-bond donors (Lipinski definition) is 1. The number of likely N-dealkylation sites (tertiary alicyclic amines) is 1. The van der Waals surface area contributed by atoms with E-state index in [-0.39, 0.29) is 0 Å². The van der Waals surface area contributed by atoms with E-state index in [9.17, 15) is 0 Å². The van der Waals surface area contributed by atoms with Crippen LogP contribution in [0.5, 0.6) is 0 Å². The molecule has 0 aromatic heterocycles. The minimum Gasteiger partial charge on any atom is -0.319 e. The van der Waals surface area contributed by atoms with E-state index in [0.717, 1.165) is 17.8 Å². The summed E-state index contributed by atoms with van der Waals surface area (Å²) in [6.45, 7) is 7.49. The Labute approximate surface area is 106 Å². The first-order valence-electron chi connectivity index (χ1n) is 7.31. The number of piperidine rings is 1. The van der Waals surface area contributed by atoms with Gasteiger partial charge in [-0.15, -0.1) is 0 Å². The summed E-state index contributed by atoms with van der Waals surface area (Å²) in [5.74, 6) is 2.58. The van der Waals surface area contributed by atoms with Crippen LogP contribution in [0.1, 0.15) is 32.6 Å². The molecule has 2 aliphatic rings. The molecule has 2 nitrogen and oxygen atoms in total. The van der Waals surface area contributed by atoms with Crippen LogP contribution in [0.4, 0.5) is 0 Å². The van der Waals surface area contributed by atoms with Gasteiger partial charge in [0, 0.05) is 13.1 Å². The summed E-state index contributed by atoms with van der Waals surface area (Å²) in [5, 5.41) is 3.33. The molecule has 2 heteroatoms. The number of rotatable bonds is 4. The topological polar surface area (TPSA) is 15.3 Å². The Morgan fingerprint density at radius 3 is 3.06 bits per heavy atom. The molecule has 1 N–H and O–H groups in total. The minimum atomic E-state index is 0.812. The number of nitrogens with zero attached hydrogens (tertiary/aromatic N) is 1. The molecule has 1 saturated heterocycles. The van der Waals surface area contributed by atoms with Crippen molar-refractivity contribution in [1.29, 1.82) is 0 Å². The average Bonchev–Trinajstić information content (AvgIpc) is 2.30. The van der Waals surface area contributed by atoms with Gasteiger partial charge in [-0.3, -0.25) is 0 Å². The summed E-state index contributed by atoms with van der Waals surface area (Å²) in [5.41, 5.74) is 0. The Hall–Kier alpha value is -0.340. The van der Waals surface area contributed by atoms with Crippen molar-refractivity contribution in [1.82, 2.24) is 10.2 Å². The van der Waals surface area contributed by atoms with Gasteiger partial charge in [0.25, 0.3) is 0 Å². The Morgan fingerprint density at radius 2 is 2.29 bits per heavy atom. The first-order valence-corrected chi connectivity index (χ1v) is 7.31. The lowest BCUT2D eigenvalue weighted by atomic mass is 9.87. The van der Waals surface area contributed by atoms with Crippen molar-refractivity contribution < 1.29 is 0 Å². The van der Waals surface area contributed by atoms with Crippen LogP contribution in [-0.4, -0.2) is 38.1 Å². The van der Waals surface area contributed by atoms with E-state index in [2.05, 4.69) is 36.3 Å². The predicted molar refractivity (Wildman–Crippen MR) is 74.1 cm³/mol. The van der Waals surface area contributed by atoms with Crippen molar-refractivity contribution in [3.05, 3.63) is 12.2 Å². The molecule has 0 aromatic rings. The Kier molecular flexibility index (Phi) is 5.05. The van der Waals surface area contributed by atoms with Crippen molar-refractivity contribution in [2.24, 2.45) is 17.8 Å². The largest absolute Gasteiger partial charge is 0.319 e. The molecular weight excluding hydrogens is 208 g/mol. The third-order valence-corrected chi connectivity index (χ3v) is 4.24. The molecule has 1 fully saturated rings. The van der Waals surface area contributed by atoms with Crippen LogP contribution in [-0.2, 0) is 0 Å². The zero-order valence-electron chi connectivity index (χ0n) is 11.5. The van der Waals surface area contributed by atoms with Crippen LogP contribution in [0.2, 0.25) is 0 Å². The lowest BCUT2D eigenvalue weighted by Crippen LogP contribution is -2.41. The monoisotopic (exact) mass is 236 g/mol. The van der Waals surface area contributed by atoms with Crippen molar-refractivity contribution in [3.8, 4) is 0 Å². The number of nitrogens with one attached hydrogen (secondary N) is 1. The fourth-order valence-corrected chi connectivity index (χ4v) is 3.43. The van der Waals surface area contributed by atoms with Crippen LogP contribution in [0.3, 0.4) is 0 Å². The van der Waals surface area contributed by atoms with Crippen molar-refractivity contribution in [2.75, 3.05) is 33.2 Å². The Morgan fingerprint density at radius 1 is 1.41 bits per heavy atom. The lowest BCUT2D eigenvalue weighted by Gasteiger charge is -2.35. The molecular formula is C15H28N2. The molecule has 0 spiro atoms. The zero-order chi connectivity index (χ0) is 12.1. The molecule has 0 amide bonds. The fourth-order valence-electron chi connectivity index (χ4n) is 3.43. The number of allylic oxidation sites excluding steroid dienone is 1. The van der Waals surface area contributed by atoms with Gasteiger partial charge >= 0.3 is 0 Å². The summed E-state index contributed by atoms with van der Waals surface area (Å²) in [4.78, 5) is 2.69. The summed E-state index contributed by atoms with van der Waals surface area (Å²) < 4.78 is 0. The molecule has 1 aliphatic carbocycles. The summed E-state index contributed by atoms with van der Waals surface area (Å²) in [6, 6.07) is 0. The lowest BCUT2D eigenvalue weighted by molar-refractivity contribution is 0.152. The molecule has 0 aromatic carbocycles. The maximum atomic E-state index is 3.33. The highest BCUT2D eigenvalue weighted by Crippen LogP contribution is 2.25. The first kappa shape index (κ1) is 13.1. The van der Waals surface area contributed by atoms with Crippen molar-refractivity contribution in [2.45, 2.75) is 32.6 Å². The summed E-state index contributed by atoms with van der Waals surface area (Å²) >= 11 is 0. The zero-order valence-corrected chi connectivity index (χ0v) is 11.5. The second kappa shape index (κ2) is 6.55. The fraction of sp³-hybridized carbons (Fsp3) is 0.867. The molecule has 17 heavy (non-hydrogen) atoms. The van der Waals surface area contributed by atoms with Crippen molar-refractivity contribution in [3.63, 3.8) is 0 Å². The van der Waals surface area contributed by atoms with Gasteiger partial charge in [0.05, 0.1) is 0 Å². The molecule has 0 bridgehead atoms. The van der Waals surface area contributed by atoms with Crippen LogP contribution < -0.4 is 5.32 Å². The quantitative estimate of drug-likeness (QED) is 0.755. The molecule has 3 unspecified atom stereocenters. The van der Waals surface area contributed by atoms with Crippen LogP contribution in [0.15, 0.2) is 12.2 Å². The third kappa shape index (κ3) is 4.11. The first-order chi connectivity index (χ1) is 8.28. The molecule has 98 valence electrons. The second-order valence-electron chi connectivity index (χ2n) is 6.09. The highest BCUT2D eigenvalue weighted by Gasteiger charge is 2.22. The van der Waals surface area contributed by atoms with Gasteiger partial charge in [-0.1, -0.05) is 19.1 Å². The Balaban J connectivity index is 1.78. The summed E-state index contributed by atoms with van der Waals surface area (Å²) in [7, 11) is 2.07. The standard InChI is InChI=1S/C15H28N2/c1-13-5-3-6-14(9-13)11-17-8-4-7-15(12-17)10-16-2/h3,6,13-16H,4-5,7-12H2,1-2H3. The molecule has 3 atom stereocenters. The normalized spacial score (nSPS) is 35.1. The molecule has 1 aliphatic heterocycles. The highest BCUT2D eigenvalue weighted by molar-refractivity contribution is 4.96. The van der Waals surface area contributed by atoms with Crippen molar-refractivity contribution >= 4 is 0 Å². The highest BCUT2D eigenvalue weighted by atomic mass is 15.1. The van der Waals surface area contributed by atoms with E-state index in [1.807, 2.05) is 0 Å². The van der Waals surface area contributed by atoms with Gasteiger partial charge in [-0.25, -0.2) is 0 Å². The molecule has 0 saturated carbocycles. The van der Waals surface area contributed by atoms with E-state index in [0.29, 0.717) is 0 Å². The van der Waals surface area contributed by atoms with Gasteiger partial charge < -0.3 is 10.2 Å². The maximum Gasteiger partial charge on any atom is 0.00446 e. The Bertz CT molecular complexity index is 247. The van der Waals surface area contributed by atoms with E-state index in [4.69, 9.17) is 0 Å². The van der Waals surface area contributed by atoms with Gasteiger partial charge in [-0.05, 0) is 63.6 Å². The SMILES string of the molecule is CNCC1CCCN(CC2C=CCC(C)C2)C1. The smallest absolute Gasteiger partial charge is 0.00446 e. The van der Waals surface area contributed by atoms with Gasteiger partial charge in [0.2, 0.25) is 0 Å². The van der Waals surface area contributed by atoms with E-state index < -0.39 is 0 Å². The maximum absolute atomic E-state index is 3.33. The van der Waals surface area contributed by atoms with Gasteiger partial charge in [-0.2, -0.15) is 0 Å². The van der Waals surface area contributed by atoms with E-state index in [1.54, 1.807) is 0 Å². The minimum absolute atomic E-state index is 0.812. The van der Waals surface area contributed by atoms with Crippen LogP contribution in [0, 0.1) is 17.8 Å². The predicted octanol–water partition coefficient (Wildman–Crippen LogP) is 2.52. The molecule has 1 heterocycles.